The minimum Gasteiger partial charge on any atom is -0.308 e. The van der Waals surface area contributed by atoms with Crippen LogP contribution >= 0.6 is 0 Å². The number of nitriles is 1. The molecule has 2 heterocycles. The van der Waals surface area contributed by atoms with E-state index in [1.54, 1.807) is 6.07 Å². The number of halogens is 2. The van der Waals surface area contributed by atoms with Crippen LogP contribution in [-0.2, 0) is 0 Å². The molecular weight excluding hydrogens is 669 g/mol. The maximum atomic E-state index is 16.0. The lowest BCUT2D eigenvalue weighted by Crippen LogP contribution is -2.07. The second-order valence-corrected chi connectivity index (χ2v) is 13.5. The quantitative estimate of drug-likeness (QED) is 0.176. The summed E-state index contributed by atoms with van der Waals surface area (Å²) < 4.78 is 36.1. The van der Waals surface area contributed by atoms with E-state index in [0.29, 0.717) is 11.4 Å². The maximum Gasteiger partial charge on any atom is 0.134 e. The van der Waals surface area contributed by atoms with Crippen LogP contribution < -0.4 is 0 Å². The van der Waals surface area contributed by atoms with Gasteiger partial charge in [-0.2, -0.15) is 5.26 Å². The van der Waals surface area contributed by atoms with Gasteiger partial charge in [-0.1, -0.05) is 127 Å². The van der Waals surface area contributed by atoms with Crippen LogP contribution in [0.15, 0.2) is 176 Å². The lowest BCUT2D eigenvalue weighted by molar-refractivity contribution is 0.589. The number of hydrogen-bond donors (Lipinski definition) is 0. The third-order valence-corrected chi connectivity index (χ3v) is 10.5. The molecule has 10 rings (SSSR count). The summed E-state index contributed by atoms with van der Waals surface area (Å²) in [5.74, 6) is -1.41. The summed E-state index contributed by atoms with van der Waals surface area (Å²) >= 11 is 0. The van der Waals surface area contributed by atoms with Gasteiger partial charge < -0.3 is 9.13 Å². The summed E-state index contributed by atoms with van der Waals surface area (Å²) in [6, 6.07) is 59.1. The molecule has 0 N–H and O–H groups in total. The van der Waals surface area contributed by atoms with Gasteiger partial charge in [0.1, 0.15) is 23.3 Å². The number of nitrogens with zero attached hydrogens (tertiary/aromatic N) is 3. The largest absolute Gasteiger partial charge is 0.308 e. The first-order chi connectivity index (χ1) is 26.6. The molecule has 0 amide bonds. The second-order valence-electron chi connectivity index (χ2n) is 13.5. The Balaban J connectivity index is 1.37. The Hall–Kier alpha value is -7.29. The van der Waals surface area contributed by atoms with Crippen LogP contribution in [0.2, 0.25) is 0 Å². The van der Waals surface area contributed by atoms with Crippen LogP contribution in [0.25, 0.3) is 88.4 Å². The molecule has 10 aromatic rings. The Morgan fingerprint density at radius 1 is 0.407 bits per heavy atom. The van der Waals surface area contributed by atoms with Gasteiger partial charge >= 0.3 is 0 Å². The molecule has 0 unspecified atom stereocenters. The SMILES string of the molecule is N#Cc1c(-n2c3ccccc3c3ccc(-c4ccccc4)cc32)ccc(-c2c(F)cccc2F)c1-n1c2ccccc2c2ccc(-c3ccccc3)cc21. The highest BCUT2D eigenvalue weighted by atomic mass is 19.1. The van der Waals surface area contributed by atoms with Crippen molar-refractivity contribution in [3.05, 3.63) is 193 Å². The van der Waals surface area contributed by atoms with Crippen molar-refractivity contribution in [2.75, 3.05) is 0 Å². The van der Waals surface area contributed by atoms with Gasteiger partial charge in [-0.05, 0) is 70.8 Å². The Bertz CT molecular complexity index is 3110. The third kappa shape index (κ3) is 4.78. The van der Waals surface area contributed by atoms with Crippen LogP contribution in [0.5, 0.6) is 0 Å². The van der Waals surface area contributed by atoms with E-state index >= 15 is 8.78 Å². The Morgan fingerprint density at radius 3 is 1.44 bits per heavy atom. The van der Waals surface area contributed by atoms with E-state index in [4.69, 9.17) is 0 Å². The van der Waals surface area contributed by atoms with Crippen LogP contribution in [0.4, 0.5) is 8.78 Å². The number of para-hydroxylation sites is 2. The fourth-order valence-electron chi connectivity index (χ4n) is 8.13. The van der Waals surface area contributed by atoms with Gasteiger partial charge in [0.15, 0.2) is 0 Å². The minimum atomic E-state index is -0.706. The molecule has 5 heteroatoms. The van der Waals surface area contributed by atoms with E-state index in [-0.39, 0.29) is 16.7 Å². The molecule has 0 spiro atoms. The van der Waals surface area contributed by atoms with Gasteiger partial charge in [0.2, 0.25) is 0 Å². The Morgan fingerprint density at radius 2 is 0.889 bits per heavy atom. The molecule has 0 radical (unpaired) electrons. The van der Waals surface area contributed by atoms with Crippen LogP contribution in [0.1, 0.15) is 5.56 Å². The van der Waals surface area contributed by atoms with Gasteiger partial charge in [-0.25, -0.2) is 8.78 Å². The summed E-state index contributed by atoms with van der Waals surface area (Å²) in [6.07, 6.45) is 0. The van der Waals surface area contributed by atoms with Crippen molar-refractivity contribution < 1.29 is 8.78 Å². The molecule has 0 saturated carbocycles. The standard InChI is InChI=1S/C49H29F2N3/c50-41-18-11-19-42(51)48(41)39-26-27-45(53-43-20-9-7-16-35(43)37-24-22-33(28-46(37)53)31-12-3-1-4-13-31)40(30-52)49(39)54-44-21-10-8-17-36(44)38-25-23-34(29-47(38)54)32-14-5-2-6-15-32/h1-29H. The minimum absolute atomic E-state index is 0.186. The molecular formula is C49H29F2N3. The predicted octanol–water partition coefficient (Wildman–Crippen LogP) is 13.0. The molecule has 2 aromatic heterocycles. The summed E-state index contributed by atoms with van der Waals surface area (Å²) in [7, 11) is 0. The molecule has 0 aliphatic carbocycles. The average molecular weight is 698 g/mol. The number of rotatable bonds is 5. The first kappa shape index (κ1) is 31.4. The van der Waals surface area contributed by atoms with E-state index in [0.717, 1.165) is 65.9 Å². The topological polar surface area (TPSA) is 33.6 Å². The van der Waals surface area contributed by atoms with Crippen molar-refractivity contribution in [3.63, 3.8) is 0 Å². The van der Waals surface area contributed by atoms with Crippen molar-refractivity contribution in [3.8, 4) is 50.8 Å². The number of aromatic nitrogens is 2. The van der Waals surface area contributed by atoms with Crippen molar-refractivity contribution >= 4 is 43.6 Å². The smallest absolute Gasteiger partial charge is 0.134 e. The van der Waals surface area contributed by atoms with Gasteiger partial charge in [-0.3, -0.25) is 0 Å². The molecule has 254 valence electrons. The lowest BCUT2D eigenvalue weighted by atomic mass is 9.97. The summed E-state index contributed by atoms with van der Waals surface area (Å²) in [6.45, 7) is 0. The maximum absolute atomic E-state index is 16.0. The zero-order chi connectivity index (χ0) is 36.3. The van der Waals surface area contributed by atoms with E-state index in [1.165, 1.54) is 18.2 Å². The highest BCUT2D eigenvalue weighted by Crippen LogP contribution is 2.44. The molecule has 0 aliphatic rings. The summed E-state index contributed by atoms with van der Waals surface area (Å²) in [5.41, 5.74) is 8.98. The normalized spacial score (nSPS) is 11.5. The fraction of sp³-hybridized carbons (Fsp3) is 0. The highest BCUT2D eigenvalue weighted by molar-refractivity contribution is 6.12. The Kier molecular flexibility index (Phi) is 7.24. The van der Waals surface area contributed by atoms with E-state index < -0.39 is 11.6 Å². The molecule has 54 heavy (non-hydrogen) atoms. The number of hydrogen-bond acceptors (Lipinski definition) is 1. The van der Waals surface area contributed by atoms with Gasteiger partial charge in [-0.15, -0.1) is 0 Å². The first-order valence-corrected chi connectivity index (χ1v) is 17.8. The van der Waals surface area contributed by atoms with Crippen molar-refractivity contribution in [1.82, 2.24) is 9.13 Å². The lowest BCUT2D eigenvalue weighted by Gasteiger charge is -2.20. The summed E-state index contributed by atoms with van der Waals surface area (Å²) in [5, 5.41) is 15.4. The zero-order valence-electron chi connectivity index (χ0n) is 28.8. The second kappa shape index (κ2) is 12.4. The van der Waals surface area contributed by atoms with Gasteiger partial charge in [0.25, 0.3) is 0 Å². The van der Waals surface area contributed by atoms with Crippen LogP contribution in [0.3, 0.4) is 0 Å². The molecule has 8 aromatic carbocycles. The van der Waals surface area contributed by atoms with Crippen LogP contribution in [0, 0.1) is 23.0 Å². The van der Waals surface area contributed by atoms with E-state index in [1.807, 2.05) is 83.4 Å². The average Bonchev–Trinajstić information content (AvgIpc) is 3.73. The zero-order valence-corrected chi connectivity index (χ0v) is 28.8. The molecule has 0 bridgehead atoms. The number of benzene rings is 8. The third-order valence-electron chi connectivity index (χ3n) is 10.5. The first-order valence-electron chi connectivity index (χ1n) is 17.8. The molecule has 3 nitrogen and oxygen atoms in total. The van der Waals surface area contributed by atoms with E-state index in [9.17, 15) is 5.26 Å². The monoisotopic (exact) mass is 697 g/mol. The van der Waals surface area contributed by atoms with Crippen molar-refractivity contribution in [2.24, 2.45) is 0 Å². The van der Waals surface area contributed by atoms with Crippen molar-refractivity contribution in [2.45, 2.75) is 0 Å². The molecule has 0 aliphatic heterocycles. The summed E-state index contributed by atoms with van der Waals surface area (Å²) in [4.78, 5) is 0. The molecule has 0 atom stereocenters. The van der Waals surface area contributed by atoms with Gasteiger partial charge in [0, 0.05) is 27.1 Å². The molecule has 0 fully saturated rings. The van der Waals surface area contributed by atoms with Gasteiger partial charge in [0.05, 0.1) is 39.0 Å². The van der Waals surface area contributed by atoms with Crippen LogP contribution in [-0.4, -0.2) is 9.13 Å². The number of fused-ring (bicyclic) bond motifs is 6. The molecule has 0 saturated heterocycles. The van der Waals surface area contributed by atoms with Crippen molar-refractivity contribution in [1.29, 1.82) is 5.26 Å². The predicted molar refractivity (Wildman–Crippen MR) is 216 cm³/mol. The van der Waals surface area contributed by atoms with E-state index in [2.05, 4.69) is 83.4 Å². The fourth-order valence-corrected chi connectivity index (χ4v) is 8.13. The Labute approximate surface area is 309 Å². The highest BCUT2D eigenvalue weighted by Gasteiger charge is 2.26.